The molecular formula is C21H27N5O2. The number of anilines is 1. The summed E-state index contributed by atoms with van der Waals surface area (Å²) in [5.41, 5.74) is 3.36. The fourth-order valence-corrected chi connectivity index (χ4v) is 3.95. The van der Waals surface area contributed by atoms with Crippen LogP contribution in [0.25, 0.3) is 11.4 Å². The number of pyridine rings is 1. The van der Waals surface area contributed by atoms with Crippen molar-refractivity contribution in [1.29, 1.82) is 0 Å². The van der Waals surface area contributed by atoms with Crippen LogP contribution in [-0.2, 0) is 22.5 Å². The molecule has 148 valence electrons. The van der Waals surface area contributed by atoms with Gasteiger partial charge in [-0.1, -0.05) is 0 Å². The Morgan fingerprint density at radius 3 is 2.68 bits per heavy atom. The summed E-state index contributed by atoms with van der Waals surface area (Å²) in [7, 11) is 0. The van der Waals surface area contributed by atoms with E-state index in [1.807, 2.05) is 19.1 Å². The van der Waals surface area contributed by atoms with Crippen LogP contribution in [0.2, 0.25) is 0 Å². The predicted molar refractivity (Wildman–Crippen MR) is 107 cm³/mol. The van der Waals surface area contributed by atoms with E-state index in [2.05, 4.69) is 14.8 Å². The van der Waals surface area contributed by atoms with E-state index in [1.165, 1.54) is 18.4 Å². The Balaban J connectivity index is 1.60. The maximum Gasteiger partial charge on any atom is 0.307 e. The van der Waals surface area contributed by atoms with Gasteiger partial charge in [-0.25, -0.2) is 9.97 Å². The van der Waals surface area contributed by atoms with Crippen LogP contribution in [-0.4, -0.2) is 58.6 Å². The van der Waals surface area contributed by atoms with Crippen LogP contribution in [0.5, 0.6) is 0 Å². The summed E-state index contributed by atoms with van der Waals surface area (Å²) in [6.07, 6.45) is 7.28. The molecule has 0 radical (unpaired) electrons. The van der Waals surface area contributed by atoms with E-state index in [0.29, 0.717) is 19.6 Å². The lowest BCUT2D eigenvalue weighted by Gasteiger charge is -2.31. The molecule has 28 heavy (non-hydrogen) atoms. The quantitative estimate of drug-likeness (QED) is 0.712. The third kappa shape index (κ3) is 4.14. The molecule has 1 fully saturated rings. The van der Waals surface area contributed by atoms with Crippen molar-refractivity contribution in [2.45, 2.75) is 39.2 Å². The smallest absolute Gasteiger partial charge is 0.307 e. The molecule has 0 N–H and O–H groups in total. The molecule has 0 amide bonds. The van der Waals surface area contributed by atoms with E-state index in [4.69, 9.17) is 14.7 Å². The fraction of sp³-hybridized carbons (Fsp3) is 0.524. The second-order valence-corrected chi connectivity index (χ2v) is 7.31. The minimum Gasteiger partial charge on any atom is -0.466 e. The third-order valence-electron chi connectivity index (χ3n) is 5.40. The fourth-order valence-electron chi connectivity index (χ4n) is 3.95. The molecule has 4 rings (SSSR count). The molecule has 0 saturated carbocycles. The zero-order valence-electron chi connectivity index (χ0n) is 16.4. The Hall–Kier alpha value is -2.54. The van der Waals surface area contributed by atoms with Crippen LogP contribution in [0.3, 0.4) is 0 Å². The first kappa shape index (κ1) is 18.8. The normalized spacial score (nSPS) is 16.8. The van der Waals surface area contributed by atoms with Gasteiger partial charge in [-0.2, -0.15) is 0 Å². The first-order valence-electron chi connectivity index (χ1n) is 10.2. The number of fused-ring (bicyclic) bond motifs is 1. The molecule has 0 aliphatic carbocycles. The summed E-state index contributed by atoms with van der Waals surface area (Å²) >= 11 is 0. The Morgan fingerprint density at radius 1 is 1.14 bits per heavy atom. The summed E-state index contributed by atoms with van der Waals surface area (Å²) in [6.45, 7) is 6.77. The van der Waals surface area contributed by atoms with Crippen molar-refractivity contribution in [2.75, 3.05) is 37.7 Å². The van der Waals surface area contributed by atoms with Gasteiger partial charge in [-0.15, -0.1) is 0 Å². The van der Waals surface area contributed by atoms with E-state index in [-0.39, 0.29) is 5.97 Å². The lowest BCUT2D eigenvalue weighted by atomic mass is 10.0. The topological polar surface area (TPSA) is 71.5 Å². The molecule has 2 aliphatic heterocycles. The number of aromatic nitrogens is 3. The predicted octanol–water partition coefficient (Wildman–Crippen LogP) is 2.45. The zero-order chi connectivity index (χ0) is 19.3. The second-order valence-electron chi connectivity index (χ2n) is 7.31. The van der Waals surface area contributed by atoms with Gasteiger partial charge in [-0.05, 0) is 31.9 Å². The molecule has 2 aromatic rings. The van der Waals surface area contributed by atoms with Crippen LogP contribution in [0.1, 0.15) is 37.4 Å². The number of hydrogen-bond acceptors (Lipinski definition) is 7. The molecule has 4 heterocycles. The summed E-state index contributed by atoms with van der Waals surface area (Å²) in [6, 6.07) is 3.92. The number of rotatable bonds is 6. The summed E-state index contributed by atoms with van der Waals surface area (Å²) in [5, 5.41) is 0. The average Bonchev–Trinajstić information content (AvgIpc) is 3.27. The maximum absolute atomic E-state index is 11.7. The van der Waals surface area contributed by atoms with Crippen LogP contribution >= 0.6 is 0 Å². The Morgan fingerprint density at radius 2 is 1.93 bits per heavy atom. The van der Waals surface area contributed by atoms with E-state index >= 15 is 0 Å². The number of nitrogens with zero attached hydrogens (tertiary/aromatic N) is 5. The largest absolute Gasteiger partial charge is 0.466 e. The molecule has 0 bridgehead atoms. The van der Waals surface area contributed by atoms with Gasteiger partial charge in [0.2, 0.25) is 0 Å². The van der Waals surface area contributed by atoms with Crippen molar-refractivity contribution in [2.24, 2.45) is 0 Å². The summed E-state index contributed by atoms with van der Waals surface area (Å²) in [4.78, 5) is 30.4. The van der Waals surface area contributed by atoms with E-state index in [1.54, 1.807) is 12.4 Å². The minimum absolute atomic E-state index is 0.127. The van der Waals surface area contributed by atoms with Gasteiger partial charge in [0.25, 0.3) is 0 Å². The Labute approximate surface area is 165 Å². The number of carbonyl (C=O) groups excluding carboxylic acids is 1. The highest BCUT2D eigenvalue weighted by Crippen LogP contribution is 2.31. The second kappa shape index (κ2) is 8.65. The first-order chi connectivity index (χ1) is 13.7. The van der Waals surface area contributed by atoms with Gasteiger partial charge < -0.3 is 9.64 Å². The summed E-state index contributed by atoms with van der Waals surface area (Å²) in [5.74, 6) is 1.72. The van der Waals surface area contributed by atoms with Gasteiger partial charge in [0.1, 0.15) is 5.82 Å². The molecular weight excluding hydrogens is 354 g/mol. The van der Waals surface area contributed by atoms with Crippen molar-refractivity contribution < 1.29 is 9.53 Å². The molecule has 0 spiro atoms. The SMILES string of the molecule is CCOC(=O)CCN1CCc2nc(-c3ccncc3)nc(N3CCCC3)c2C1. The van der Waals surface area contributed by atoms with Gasteiger partial charge in [0.15, 0.2) is 5.82 Å². The van der Waals surface area contributed by atoms with Crippen LogP contribution in [0.4, 0.5) is 5.82 Å². The molecule has 7 nitrogen and oxygen atoms in total. The highest BCUT2D eigenvalue weighted by atomic mass is 16.5. The molecule has 1 saturated heterocycles. The first-order valence-corrected chi connectivity index (χ1v) is 10.2. The standard InChI is InChI=1S/C21H27N5O2/c1-2-28-19(27)8-14-25-13-7-18-17(15-25)21(26-11-3-4-12-26)24-20(23-18)16-5-9-22-10-6-16/h5-6,9-10H,2-4,7-8,11-15H2,1H3. The highest BCUT2D eigenvalue weighted by Gasteiger charge is 2.27. The van der Waals surface area contributed by atoms with Crippen molar-refractivity contribution in [3.63, 3.8) is 0 Å². The van der Waals surface area contributed by atoms with Crippen LogP contribution in [0.15, 0.2) is 24.5 Å². The molecule has 0 atom stereocenters. The van der Waals surface area contributed by atoms with Crippen LogP contribution in [0, 0.1) is 0 Å². The van der Waals surface area contributed by atoms with E-state index in [9.17, 15) is 4.79 Å². The Bertz CT molecular complexity index is 821. The average molecular weight is 381 g/mol. The van der Waals surface area contributed by atoms with E-state index in [0.717, 1.165) is 55.5 Å². The number of carbonyl (C=O) groups is 1. The van der Waals surface area contributed by atoms with Gasteiger partial charge in [0.05, 0.1) is 18.7 Å². The molecule has 7 heteroatoms. The number of esters is 1. The number of ether oxygens (including phenoxy) is 1. The van der Waals surface area contributed by atoms with Crippen molar-refractivity contribution >= 4 is 11.8 Å². The lowest BCUT2D eigenvalue weighted by Crippen LogP contribution is -2.35. The molecule has 0 aromatic carbocycles. The monoisotopic (exact) mass is 381 g/mol. The number of hydrogen-bond donors (Lipinski definition) is 0. The van der Waals surface area contributed by atoms with Gasteiger partial charge >= 0.3 is 5.97 Å². The zero-order valence-corrected chi connectivity index (χ0v) is 16.4. The van der Waals surface area contributed by atoms with Crippen molar-refractivity contribution in [3.8, 4) is 11.4 Å². The minimum atomic E-state index is -0.127. The van der Waals surface area contributed by atoms with Gasteiger partial charge in [-0.3, -0.25) is 14.7 Å². The Kier molecular flexibility index (Phi) is 5.81. The highest BCUT2D eigenvalue weighted by molar-refractivity contribution is 5.69. The third-order valence-corrected chi connectivity index (χ3v) is 5.40. The molecule has 2 aliphatic rings. The van der Waals surface area contributed by atoms with Crippen molar-refractivity contribution in [3.05, 3.63) is 35.8 Å². The van der Waals surface area contributed by atoms with E-state index < -0.39 is 0 Å². The summed E-state index contributed by atoms with van der Waals surface area (Å²) < 4.78 is 5.07. The maximum atomic E-state index is 11.7. The lowest BCUT2D eigenvalue weighted by molar-refractivity contribution is -0.143. The molecule has 2 aromatic heterocycles. The van der Waals surface area contributed by atoms with Crippen molar-refractivity contribution in [1.82, 2.24) is 19.9 Å². The van der Waals surface area contributed by atoms with Crippen LogP contribution < -0.4 is 4.90 Å². The molecule has 0 unspecified atom stereocenters. The van der Waals surface area contributed by atoms with Gasteiger partial charge in [0, 0.05) is 62.7 Å².